The van der Waals surface area contributed by atoms with E-state index in [1.165, 1.54) is 16.2 Å². The maximum absolute atomic E-state index is 12.5. The fourth-order valence-corrected chi connectivity index (χ4v) is 6.42. The smallest absolute Gasteiger partial charge is 0.352 e. The van der Waals surface area contributed by atoms with Crippen LogP contribution in [0.25, 0.3) is 10.4 Å². The van der Waals surface area contributed by atoms with E-state index in [1.807, 2.05) is 17.5 Å². The van der Waals surface area contributed by atoms with Crippen molar-refractivity contribution >= 4 is 45.4 Å². The van der Waals surface area contributed by atoms with Crippen LogP contribution in [0.3, 0.4) is 0 Å². The highest BCUT2D eigenvalue weighted by atomic mass is 32.2. The lowest BCUT2D eigenvalue weighted by atomic mass is 9.77. The lowest BCUT2D eigenvalue weighted by Gasteiger charge is -2.46. The van der Waals surface area contributed by atoms with E-state index in [-0.39, 0.29) is 23.6 Å². The SMILES string of the molecule is C[C@@H](O)[C@H]1C(=O)N2C(C(=O)O)=C(c3cn4cnc(SCCCN)c4s3)[C@H](C)[C@H]12. The molecule has 0 bridgehead atoms. The summed E-state index contributed by atoms with van der Waals surface area (Å²) in [5.74, 6) is -1.29. The number of imidazole rings is 1. The average molecular weight is 423 g/mol. The molecule has 4 rings (SSSR count). The molecule has 1 saturated heterocycles. The van der Waals surface area contributed by atoms with Crippen LogP contribution in [0.15, 0.2) is 23.2 Å². The number of hydrogen-bond donors (Lipinski definition) is 3. The first-order valence-corrected chi connectivity index (χ1v) is 10.9. The van der Waals surface area contributed by atoms with Crippen LogP contribution in [-0.2, 0) is 9.59 Å². The molecular formula is C18H22N4O4S2. The van der Waals surface area contributed by atoms with Gasteiger partial charge in [0.2, 0.25) is 5.91 Å². The zero-order valence-corrected chi connectivity index (χ0v) is 17.2. The average Bonchev–Trinajstić information content (AvgIpc) is 3.26. The van der Waals surface area contributed by atoms with Crippen molar-refractivity contribution in [1.29, 1.82) is 0 Å². The molecule has 0 aliphatic carbocycles. The van der Waals surface area contributed by atoms with E-state index >= 15 is 0 Å². The number of carbonyl (C=O) groups is 2. The third kappa shape index (κ3) is 2.78. The molecule has 4 atom stereocenters. The number of β-lactam (4-membered cyclic amide) rings is 1. The second-order valence-electron chi connectivity index (χ2n) is 7.17. The van der Waals surface area contributed by atoms with Crippen molar-refractivity contribution < 1.29 is 19.8 Å². The van der Waals surface area contributed by atoms with Crippen molar-refractivity contribution in [2.75, 3.05) is 12.3 Å². The van der Waals surface area contributed by atoms with Crippen molar-refractivity contribution in [2.24, 2.45) is 17.6 Å². The topological polar surface area (TPSA) is 121 Å². The quantitative estimate of drug-likeness (QED) is 0.351. The number of thiazole rings is 1. The summed E-state index contributed by atoms with van der Waals surface area (Å²) in [5, 5.41) is 20.7. The van der Waals surface area contributed by atoms with E-state index in [9.17, 15) is 19.8 Å². The number of carbonyl (C=O) groups excluding carboxylic acids is 1. The number of amides is 1. The molecule has 0 unspecified atom stereocenters. The molecule has 0 saturated carbocycles. The molecule has 10 heteroatoms. The van der Waals surface area contributed by atoms with Gasteiger partial charge in [-0.25, -0.2) is 9.78 Å². The zero-order valence-electron chi connectivity index (χ0n) is 15.5. The third-order valence-electron chi connectivity index (χ3n) is 5.41. The molecule has 2 aromatic heterocycles. The van der Waals surface area contributed by atoms with Crippen LogP contribution in [0, 0.1) is 11.8 Å². The lowest BCUT2D eigenvalue weighted by molar-refractivity contribution is -0.163. The van der Waals surface area contributed by atoms with Crippen LogP contribution in [0.1, 0.15) is 25.1 Å². The highest BCUT2D eigenvalue weighted by molar-refractivity contribution is 7.99. The minimum absolute atomic E-state index is 0.0363. The number of thioether (sulfide) groups is 1. The summed E-state index contributed by atoms with van der Waals surface area (Å²) in [5.41, 5.74) is 6.24. The zero-order chi connectivity index (χ0) is 20.2. The fraction of sp³-hybridized carbons (Fsp3) is 0.500. The Morgan fingerprint density at radius 3 is 2.89 bits per heavy atom. The van der Waals surface area contributed by atoms with Gasteiger partial charge in [0.25, 0.3) is 0 Å². The Labute approximate surface area is 170 Å². The molecule has 0 radical (unpaired) electrons. The summed E-state index contributed by atoms with van der Waals surface area (Å²) in [6.07, 6.45) is 3.69. The summed E-state index contributed by atoms with van der Waals surface area (Å²) in [6.45, 7) is 4.13. The van der Waals surface area contributed by atoms with Gasteiger partial charge in [0.05, 0.1) is 22.9 Å². The van der Waals surface area contributed by atoms with Crippen LogP contribution >= 0.6 is 23.1 Å². The van der Waals surface area contributed by atoms with Gasteiger partial charge in [0.1, 0.15) is 21.9 Å². The third-order valence-corrected chi connectivity index (χ3v) is 7.74. The first kappa shape index (κ1) is 19.4. The van der Waals surface area contributed by atoms with Gasteiger partial charge >= 0.3 is 5.97 Å². The van der Waals surface area contributed by atoms with Gasteiger partial charge in [-0.05, 0) is 19.9 Å². The Morgan fingerprint density at radius 1 is 1.50 bits per heavy atom. The first-order chi connectivity index (χ1) is 13.4. The summed E-state index contributed by atoms with van der Waals surface area (Å²) < 4.78 is 1.90. The molecule has 1 amide bonds. The lowest BCUT2D eigenvalue weighted by Crippen LogP contribution is -2.63. The van der Waals surface area contributed by atoms with Crippen molar-refractivity contribution in [1.82, 2.24) is 14.3 Å². The van der Waals surface area contributed by atoms with Gasteiger partial charge in [0, 0.05) is 23.4 Å². The molecule has 2 aliphatic rings. The Kier molecular flexibility index (Phi) is 4.98. The maximum Gasteiger partial charge on any atom is 0.352 e. The summed E-state index contributed by atoms with van der Waals surface area (Å²) in [6, 6.07) is -0.313. The molecule has 4 heterocycles. The van der Waals surface area contributed by atoms with Gasteiger partial charge < -0.3 is 20.8 Å². The summed E-state index contributed by atoms with van der Waals surface area (Å²) in [4.78, 5) is 32.0. The van der Waals surface area contributed by atoms with E-state index in [0.29, 0.717) is 12.1 Å². The minimum Gasteiger partial charge on any atom is -0.477 e. The number of aliphatic hydroxyl groups excluding tert-OH is 1. The first-order valence-electron chi connectivity index (χ1n) is 9.15. The van der Waals surface area contributed by atoms with Crippen molar-refractivity contribution in [2.45, 2.75) is 37.4 Å². The monoisotopic (exact) mass is 422 g/mol. The van der Waals surface area contributed by atoms with E-state index in [1.54, 1.807) is 25.0 Å². The molecule has 2 aliphatic heterocycles. The predicted molar refractivity (Wildman–Crippen MR) is 107 cm³/mol. The number of aliphatic hydroxyl groups is 1. The van der Waals surface area contributed by atoms with Gasteiger partial charge in [-0.15, -0.1) is 23.1 Å². The molecule has 150 valence electrons. The highest BCUT2D eigenvalue weighted by Gasteiger charge is 2.60. The molecule has 0 spiro atoms. The number of nitrogens with zero attached hydrogens (tertiary/aromatic N) is 3. The number of nitrogens with two attached hydrogens (primary N) is 1. The highest BCUT2D eigenvalue weighted by Crippen LogP contribution is 2.51. The second-order valence-corrected chi connectivity index (χ2v) is 9.28. The predicted octanol–water partition coefficient (Wildman–Crippen LogP) is 1.49. The maximum atomic E-state index is 12.5. The van der Waals surface area contributed by atoms with Gasteiger partial charge in [-0.2, -0.15) is 0 Å². The summed E-state index contributed by atoms with van der Waals surface area (Å²) >= 11 is 3.11. The van der Waals surface area contributed by atoms with Crippen LogP contribution in [0.2, 0.25) is 0 Å². The normalized spacial score (nSPS) is 25.4. The largest absolute Gasteiger partial charge is 0.477 e. The molecule has 28 heavy (non-hydrogen) atoms. The number of aromatic nitrogens is 2. The van der Waals surface area contributed by atoms with E-state index in [4.69, 9.17) is 5.73 Å². The molecule has 1 fully saturated rings. The standard InChI is InChI=1S/C18H22N4O4S2/c1-8-11(14(18(25)26)22-13(8)12(9(2)23)16(22)24)10-6-21-7-20-15(17(21)28-10)27-5-3-4-19/h6-9,12-13,23H,3-5,19H2,1-2H3,(H,25,26)/t8-,9+,12+,13+/m0/s1. The minimum atomic E-state index is -1.12. The molecule has 0 aromatic carbocycles. The fourth-order valence-electron chi connectivity index (χ4n) is 4.15. The summed E-state index contributed by atoms with van der Waals surface area (Å²) in [7, 11) is 0. The van der Waals surface area contributed by atoms with Crippen LogP contribution < -0.4 is 5.73 Å². The molecule has 2 aromatic rings. The van der Waals surface area contributed by atoms with Gasteiger partial charge in [0.15, 0.2) is 0 Å². The van der Waals surface area contributed by atoms with Gasteiger partial charge in [-0.3, -0.25) is 9.20 Å². The van der Waals surface area contributed by atoms with Crippen molar-refractivity contribution in [3.63, 3.8) is 0 Å². The van der Waals surface area contributed by atoms with Gasteiger partial charge in [-0.1, -0.05) is 6.92 Å². The van der Waals surface area contributed by atoms with E-state index < -0.39 is 18.0 Å². The molecule has 8 nitrogen and oxygen atoms in total. The Morgan fingerprint density at radius 2 is 2.25 bits per heavy atom. The van der Waals surface area contributed by atoms with Crippen molar-refractivity contribution in [3.05, 3.63) is 23.1 Å². The Balaban J connectivity index is 1.73. The number of carboxylic acids is 1. The van der Waals surface area contributed by atoms with Crippen LogP contribution in [0.5, 0.6) is 0 Å². The number of rotatable bonds is 7. The van der Waals surface area contributed by atoms with Crippen LogP contribution in [-0.4, -0.2) is 60.8 Å². The van der Waals surface area contributed by atoms with Crippen molar-refractivity contribution in [3.8, 4) is 0 Å². The molecule has 4 N–H and O–H groups in total. The Hall–Kier alpha value is -1.88. The van der Waals surface area contributed by atoms with Crippen LogP contribution in [0.4, 0.5) is 0 Å². The van der Waals surface area contributed by atoms with E-state index in [0.717, 1.165) is 26.9 Å². The number of aliphatic carboxylic acids is 1. The second kappa shape index (κ2) is 7.18. The number of carboxylic acid groups (broad SMARTS) is 1. The number of hydrogen-bond acceptors (Lipinski definition) is 7. The number of fused-ring (bicyclic) bond motifs is 2. The Bertz CT molecular complexity index is 980. The van der Waals surface area contributed by atoms with E-state index in [2.05, 4.69) is 4.98 Å². The molecular weight excluding hydrogens is 400 g/mol.